The highest BCUT2D eigenvalue weighted by molar-refractivity contribution is 5.85. The van der Waals surface area contributed by atoms with Gasteiger partial charge in [0.05, 0.1) is 0 Å². The standard InChI is InChI=1S/C32H35N3O5/c1-35(18-21-9-3-2-4-10-21)19-29(31(37)38)34-30(36)22-15-16-23(17-22)33-32(39)40-20-28-26-13-7-5-11-24(26)25-12-6-8-14-27(25)28/h2-14,22-23,28-29H,15-20H2,1H3,(H,33,39)(H,34,36)(H,37,38)/t22-,23+,29?/m0/s1. The van der Waals surface area contributed by atoms with Crippen molar-refractivity contribution >= 4 is 18.0 Å². The zero-order valence-electron chi connectivity index (χ0n) is 22.6. The number of carboxylic acid groups (broad SMARTS) is 1. The normalized spacial score (nSPS) is 18.6. The lowest BCUT2D eigenvalue weighted by Gasteiger charge is -2.23. The van der Waals surface area contributed by atoms with Crippen LogP contribution in [0.15, 0.2) is 78.9 Å². The topological polar surface area (TPSA) is 108 Å². The van der Waals surface area contributed by atoms with Gasteiger partial charge < -0.3 is 20.5 Å². The van der Waals surface area contributed by atoms with E-state index in [9.17, 15) is 19.5 Å². The molecule has 0 aliphatic heterocycles. The second-order valence-electron chi connectivity index (χ2n) is 10.8. The van der Waals surface area contributed by atoms with E-state index >= 15 is 0 Å². The maximum absolute atomic E-state index is 12.9. The molecule has 3 N–H and O–H groups in total. The average Bonchev–Trinajstić information content (AvgIpc) is 3.54. The highest BCUT2D eigenvalue weighted by atomic mass is 16.5. The Morgan fingerprint density at radius 3 is 2.20 bits per heavy atom. The summed E-state index contributed by atoms with van der Waals surface area (Å²) in [5.74, 6) is -1.75. The van der Waals surface area contributed by atoms with Gasteiger partial charge in [0.25, 0.3) is 0 Å². The van der Waals surface area contributed by atoms with E-state index in [1.54, 1.807) is 0 Å². The van der Waals surface area contributed by atoms with Crippen LogP contribution in [0.25, 0.3) is 11.1 Å². The number of carbonyl (C=O) groups excluding carboxylic acids is 2. The van der Waals surface area contributed by atoms with Crippen molar-refractivity contribution in [1.82, 2.24) is 15.5 Å². The molecule has 2 aliphatic carbocycles. The van der Waals surface area contributed by atoms with E-state index in [0.717, 1.165) is 16.7 Å². The Morgan fingerprint density at radius 2 is 1.55 bits per heavy atom. The summed E-state index contributed by atoms with van der Waals surface area (Å²) in [6.45, 7) is 0.994. The largest absolute Gasteiger partial charge is 0.480 e. The maximum Gasteiger partial charge on any atom is 0.407 e. The van der Waals surface area contributed by atoms with Gasteiger partial charge in [0, 0.05) is 31.0 Å². The third-order valence-electron chi connectivity index (χ3n) is 7.87. The number of likely N-dealkylation sites (N-methyl/N-ethyl adjacent to an activating group) is 1. The number of ether oxygens (including phenoxy) is 1. The molecule has 1 unspecified atom stereocenters. The summed E-state index contributed by atoms with van der Waals surface area (Å²) in [5.41, 5.74) is 5.71. The van der Waals surface area contributed by atoms with Crippen molar-refractivity contribution in [2.24, 2.45) is 5.92 Å². The number of carbonyl (C=O) groups is 3. The molecule has 1 saturated carbocycles. The first kappa shape index (κ1) is 27.4. The van der Waals surface area contributed by atoms with Crippen molar-refractivity contribution in [3.63, 3.8) is 0 Å². The van der Waals surface area contributed by atoms with Crippen LogP contribution >= 0.6 is 0 Å². The van der Waals surface area contributed by atoms with Gasteiger partial charge in [0.2, 0.25) is 5.91 Å². The highest BCUT2D eigenvalue weighted by Crippen LogP contribution is 2.44. The molecule has 8 nitrogen and oxygen atoms in total. The Morgan fingerprint density at radius 1 is 0.925 bits per heavy atom. The van der Waals surface area contributed by atoms with Crippen LogP contribution in [0.1, 0.15) is 41.9 Å². The number of rotatable bonds is 10. The van der Waals surface area contributed by atoms with Gasteiger partial charge in [-0.05, 0) is 54.1 Å². The summed E-state index contributed by atoms with van der Waals surface area (Å²) in [6, 6.07) is 24.9. The molecule has 0 spiro atoms. The average molecular weight is 542 g/mol. The first-order valence-electron chi connectivity index (χ1n) is 13.8. The zero-order chi connectivity index (χ0) is 28.1. The van der Waals surface area contributed by atoms with Gasteiger partial charge in [-0.1, -0.05) is 78.9 Å². The quantitative estimate of drug-likeness (QED) is 0.351. The monoisotopic (exact) mass is 541 g/mol. The molecule has 0 radical (unpaired) electrons. The Balaban J connectivity index is 1.09. The van der Waals surface area contributed by atoms with E-state index in [-0.39, 0.29) is 36.9 Å². The fraction of sp³-hybridized carbons (Fsp3) is 0.344. The third kappa shape index (κ3) is 6.34. The van der Waals surface area contributed by atoms with Crippen LogP contribution in [0.5, 0.6) is 0 Å². The lowest BCUT2D eigenvalue weighted by Crippen LogP contribution is -2.49. The van der Waals surface area contributed by atoms with Gasteiger partial charge in [-0.3, -0.25) is 9.69 Å². The van der Waals surface area contributed by atoms with Crippen LogP contribution < -0.4 is 10.6 Å². The minimum atomic E-state index is -1.07. The second kappa shape index (κ2) is 12.3. The van der Waals surface area contributed by atoms with Crippen LogP contribution in [-0.4, -0.2) is 60.3 Å². The Labute approximate surface area is 234 Å². The number of fused-ring (bicyclic) bond motifs is 3. The number of alkyl carbamates (subject to hydrolysis) is 1. The summed E-state index contributed by atoms with van der Waals surface area (Å²) in [6.07, 6.45) is 1.15. The number of aliphatic carboxylic acids is 1. The smallest absolute Gasteiger partial charge is 0.407 e. The summed E-state index contributed by atoms with van der Waals surface area (Å²) in [5, 5.41) is 15.3. The summed E-state index contributed by atoms with van der Waals surface area (Å²) in [4.78, 5) is 39.4. The first-order valence-corrected chi connectivity index (χ1v) is 13.8. The molecule has 1 fully saturated rings. The molecule has 208 valence electrons. The predicted octanol–water partition coefficient (Wildman–Crippen LogP) is 4.40. The second-order valence-corrected chi connectivity index (χ2v) is 10.8. The highest BCUT2D eigenvalue weighted by Gasteiger charge is 2.34. The molecule has 8 heteroatoms. The molecular weight excluding hydrogens is 506 g/mol. The number of hydrogen-bond donors (Lipinski definition) is 3. The van der Waals surface area contributed by atoms with Crippen LogP contribution in [0.3, 0.4) is 0 Å². The molecule has 3 aromatic rings. The summed E-state index contributed by atoms with van der Waals surface area (Å²) >= 11 is 0. The van der Waals surface area contributed by atoms with Gasteiger partial charge in [-0.15, -0.1) is 0 Å². The zero-order valence-corrected chi connectivity index (χ0v) is 22.6. The van der Waals surface area contributed by atoms with Gasteiger partial charge in [0.15, 0.2) is 0 Å². The molecule has 0 saturated heterocycles. The van der Waals surface area contributed by atoms with Crippen molar-refractivity contribution in [3.05, 3.63) is 95.6 Å². The Hall–Kier alpha value is -4.17. The van der Waals surface area contributed by atoms with Gasteiger partial charge in [-0.25, -0.2) is 9.59 Å². The molecule has 0 bridgehead atoms. The molecule has 3 aromatic carbocycles. The SMILES string of the molecule is CN(Cc1ccccc1)CC(NC(=O)[C@H]1CC[C@@H](NC(=O)OCC2c3ccccc3-c3ccccc32)C1)C(=O)O. The number of nitrogens with one attached hydrogen (secondary N) is 2. The number of amides is 2. The number of hydrogen-bond acceptors (Lipinski definition) is 5. The van der Waals surface area contributed by atoms with E-state index in [2.05, 4.69) is 34.9 Å². The fourth-order valence-electron chi connectivity index (χ4n) is 5.90. The predicted molar refractivity (Wildman–Crippen MR) is 152 cm³/mol. The summed E-state index contributed by atoms with van der Waals surface area (Å²) in [7, 11) is 1.83. The molecule has 2 amide bonds. The fourth-order valence-corrected chi connectivity index (χ4v) is 5.90. The van der Waals surface area contributed by atoms with Crippen molar-refractivity contribution in [3.8, 4) is 11.1 Å². The molecule has 3 atom stereocenters. The molecule has 5 rings (SSSR count). The van der Waals surface area contributed by atoms with Gasteiger partial charge in [-0.2, -0.15) is 0 Å². The number of benzene rings is 3. The van der Waals surface area contributed by atoms with Gasteiger partial charge >= 0.3 is 12.1 Å². The van der Waals surface area contributed by atoms with Crippen molar-refractivity contribution in [2.75, 3.05) is 20.2 Å². The van der Waals surface area contributed by atoms with Crippen LogP contribution in [-0.2, 0) is 20.9 Å². The molecule has 0 aromatic heterocycles. The van der Waals surface area contributed by atoms with E-state index < -0.39 is 18.1 Å². The maximum atomic E-state index is 12.9. The molecule has 2 aliphatic rings. The van der Waals surface area contributed by atoms with Crippen molar-refractivity contribution < 1.29 is 24.2 Å². The van der Waals surface area contributed by atoms with Crippen LogP contribution in [0.2, 0.25) is 0 Å². The number of nitrogens with zero attached hydrogens (tertiary/aromatic N) is 1. The number of carboxylic acids is 1. The lowest BCUT2D eigenvalue weighted by atomic mass is 9.98. The molecule has 40 heavy (non-hydrogen) atoms. The van der Waals surface area contributed by atoms with Crippen molar-refractivity contribution in [1.29, 1.82) is 0 Å². The minimum Gasteiger partial charge on any atom is -0.480 e. The van der Waals surface area contributed by atoms with E-state index in [1.807, 2.05) is 66.5 Å². The lowest BCUT2D eigenvalue weighted by molar-refractivity contribution is -0.143. The van der Waals surface area contributed by atoms with Gasteiger partial charge in [0.1, 0.15) is 12.6 Å². The van der Waals surface area contributed by atoms with Crippen LogP contribution in [0, 0.1) is 5.92 Å². The Bertz CT molecular complexity index is 1320. The van der Waals surface area contributed by atoms with Crippen molar-refractivity contribution in [2.45, 2.75) is 43.8 Å². The van der Waals surface area contributed by atoms with Crippen LogP contribution in [0.4, 0.5) is 4.79 Å². The van der Waals surface area contributed by atoms with E-state index in [1.165, 1.54) is 11.1 Å². The molecular formula is C32H35N3O5. The summed E-state index contributed by atoms with van der Waals surface area (Å²) < 4.78 is 5.65. The third-order valence-corrected chi connectivity index (χ3v) is 7.87. The van der Waals surface area contributed by atoms with E-state index in [0.29, 0.717) is 25.8 Å². The minimum absolute atomic E-state index is 0.0202. The van der Waals surface area contributed by atoms with E-state index in [4.69, 9.17) is 4.74 Å². The Kier molecular flexibility index (Phi) is 8.45. The first-order chi connectivity index (χ1) is 19.4. The molecule has 0 heterocycles.